The van der Waals surface area contributed by atoms with Gasteiger partial charge in [-0.1, -0.05) is 57.2 Å². The summed E-state index contributed by atoms with van der Waals surface area (Å²) in [6.45, 7) is 8.85. The van der Waals surface area contributed by atoms with E-state index in [0.29, 0.717) is 44.6 Å². The molecule has 2 fully saturated rings. The van der Waals surface area contributed by atoms with Crippen molar-refractivity contribution in [2.45, 2.75) is 40.0 Å². The molecule has 4 heterocycles. The summed E-state index contributed by atoms with van der Waals surface area (Å²) in [4.78, 5) is 35.7. The van der Waals surface area contributed by atoms with E-state index in [9.17, 15) is 9.59 Å². The fraction of sp³-hybridized carbons (Fsp3) is 0.478. The number of piperidine rings is 1. The maximum absolute atomic E-state index is 13.5. The van der Waals surface area contributed by atoms with Crippen molar-refractivity contribution in [3.8, 4) is 0 Å². The average molecular weight is 457 g/mol. The number of unbranched alkanes of at least 4 members (excludes halogenated alkanes) is 1. The number of rotatable bonds is 5. The quantitative estimate of drug-likeness (QED) is 0.497. The zero-order chi connectivity index (χ0) is 22.1. The van der Waals surface area contributed by atoms with Crippen LogP contribution in [0.5, 0.6) is 0 Å². The van der Waals surface area contributed by atoms with Gasteiger partial charge in [-0.15, -0.1) is 0 Å². The second-order valence-electron chi connectivity index (χ2n) is 8.62. The fourth-order valence-electron chi connectivity index (χ4n) is 4.43. The highest BCUT2D eigenvalue weighted by Gasteiger charge is 2.33. The molecule has 0 spiro atoms. The summed E-state index contributed by atoms with van der Waals surface area (Å²) < 4.78 is 2.10. The van der Waals surface area contributed by atoms with Crippen molar-refractivity contribution < 1.29 is 4.79 Å². The van der Waals surface area contributed by atoms with E-state index in [1.807, 2.05) is 18.2 Å². The molecule has 2 aromatic rings. The Balaban J connectivity index is 1.82. The Kier molecular flexibility index (Phi) is 6.48. The standard InChI is InChI=1S/C23H28N4O2S2/c1-4-5-9-27-22(29)18(31-23(27)30)12-17-20(25-13-15(2)11-16(3)14-25)24-19-8-6-7-10-26(19)21(17)28/h6-8,10,12,15-16H,4-5,9,11,13-14H2,1-3H3/b18-12+/t15-,16-/m1/s1. The molecule has 164 valence electrons. The Morgan fingerprint density at radius 3 is 2.68 bits per heavy atom. The van der Waals surface area contributed by atoms with E-state index < -0.39 is 0 Å². The molecule has 2 saturated heterocycles. The van der Waals surface area contributed by atoms with Crippen LogP contribution in [-0.4, -0.2) is 44.1 Å². The lowest BCUT2D eigenvalue weighted by molar-refractivity contribution is -0.122. The molecule has 1 amide bonds. The lowest BCUT2D eigenvalue weighted by atomic mass is 9.91. The van der Waals surface area contributed by atoms with Crippen molar-refractivity contribution >= 4 is 51.7 Å². The van der Waals surface area contributed by atoms with Crippen LogP contribution >= 0.6 is 24.0 Å². The fourth-order valence-corrected chi connectivity index (χ4v) is 5.72. The molecule has 4 rings (SSSR count). The van der Waals surface area contributed by atoms with E-state index in [1.54, 1.807) is 21.6 Å². The topological polar surface area (TPSA) is 57.9 Å². The van der Waals surface area contributed by atoms with E-state index in [4.69, 9.17) is 17.2 Å². The minimum absolute atomic E-state index is 0.118. The van der Waals surface area contributed by atoms with E-state index in [0.717, 1.165) is 32.4 Å². The lowest BCUT2D eigenvalue weighted by Gasteiger charge is -2.36. The number of aromatic nitrogens is 2. The van der Waals surface area contributed by atoms with Gasteiger partial charge >= 0.3 is 0 Å². The number of thiocarbonyl (C=S) groups is 1. The van der Waals surface area contributed by atoms with Crippen molar-refractivity contribution in [1.82, 2.24) is 14.3 Å². The van der Waals surface area contributed by atoms with Gasteiger partial charge in [-0.25, -0.2) is 4.98 Å². The molecule has 2 aromatic heterocycles. The minimum atomic E-state index is -0.162. The molecule has 8 heteroatoms. The van der Waals surface area contributed by atoms with Crippen LogP contribution in [0.4, 0.5) is 5.82 Å². The number of carbonyl (C=O) groups excluding carboxylic acids is 1. The van der Waals surface area contributed by atoms with Crippen LogP contribution in [0.2, 0.25) is 0 Å². The summed E-state index contributed by atoms with van der Waals surface area (Å²) in [5.74, 6) is 1.57. The lowest BCUT2D eigenvalue weighted by Crippen LogP contribution is -2.40. The van der Waals surface area contributed by atoms with Gasteiger partial charge in [0.15, 0.2) is 0 Å². The zero-order valence-corrected chi connectivity index (χ0v) is 19.8. The number of carbonyl (C=O) groups is 1. The first-order valence-electron chi connectivity index (χ1n) is 10.9. The Morgan fingerprint density at radius 2 is 1.97 bits per heavy atom. The average Bonchev–Trinajstić information content (AvgIpc) is 3.00. The largest absolute Gasteiger partial charge is 0.355 e. The molecular formula is C23H28N4O2S2. The molecule has 0 saturated carbocycles. The molecule has 0 N–H and O–H groups in total. The third-order valence-electron chi connectivity index (χ3n) is 5.80. The van der Waals surface area contributed by atoms with Crippen molar-refractivity contribution in [1.29, 1.82) is 0 Å². The van der Waals surface area contributed by atoms with Gasteiger partial charge < -0.3 is 4.90 Å². The van der Waals surface area contributed by atoms with Crippen LogP contribution in [0.15, 0.2) is 34.1 Å². The molecule has 31 heavy (non-hydrogen) atoms. The molecule has 2 aliphatic rings. The van der Waals surface area contributed by atoms with Crippen LogP contribution in [0, 0.1) is 11.8 Å². The predicted molar refractivity (Wildman–Crippen MR) is 131 cm³/mol. The number of nitrogens with zero attached hydrogens (tertiary/aromatic N) is 4. The zero-order valence-electron chi connectivity index (χ0n) is 18.2. The van der Waals surface area contributed by atoms with Crippen LogP contribution in [-0.2, 0) is 4.79 Å². The van der Waals surface area contributed by atoms with Crippen LogP contribution in [0.25, 0.3) is 11.7 Å². The molecule has 0 radical (unpaired) electrons. The van der Waals surface area contributed by atoms with Gasteiger partial charge in [-0.3, -0.25) is 18.9 Å². The van der Waals surface area contributed by atoms with Crippen LogP contribution in [0.3, 0.4) is 0 Å². The highest BCUT2D eigenvalue weighted by Crippen LogP contribution is 2.34. The molecule has 2 aliphatic heterocycles. The third-order valence-corrected chi connectivity index (χ3v) is 7.18. The first kappa shape index (κ1) is 22.0. The van der Waals surface area contributed by atoms with Crippen molar-refractivity contribution in [2.24, 2.45) is 11.8 Å². The second kappa shape index (κ2) is 9.12. The van der Waals surface area contributed by atoms with Crippen molar-refractivity contribution in [2.75, 3.05) is 24.5 Å². The first-order valence-corrected chi connectivity index (χ1v) is 12.1. The predicted octanol–water partition coefficient (Wildman–Crippen LogP) is 4.18. The van der Waals surface area contributed by atoms with E-state index in [2.05, 4.69) is 25.7 Å². The number of hydrogen-bond acceptors (Lipinski definition) is 6. The third kappa shape index (κ3) is 4.41. The Hall–Kier alpha value is -2.19. The summed E-state index contributed by atoms with van der Waals surface area (Å²) in [6, 6.07) is 5.54. The van der Waals surface area contributed by atoms with Crippen LogP contribution in [0.1, 0.15) is 45.6 Å². The van der Waals surface area contributed by atoms with Gasteiger partial charge in [0.2, 0.25) is 0 Å². The molecule has 0 unspecified atom stereocenters. The Morgan fingerprint density at radius 1 is 1.23 bits per heavy atom. The maximum atomic E-state index is 13.5. The first-order chi connectivity index (χ1) is 14.9. The second-order valence-corrected chi connectivity index (χ2v) is 10.3. The summed E-state index contributed by atoms with van der Waals surface area (Å²) in [6.07, 6.45) is 6.48. The van der Waals surface area contributed by atoms with E-state index >= 15 is 0 Å². The number of pyridine rings is 1. The van der Waals surface area contributed by atoms with E-state index in [-0.39, 0.29) is 11.5 Å². The monoisotopic (exact) mass is 456 g/mol. The molecule has 0 aromatic carbocycles. The van der Waals surface area contributed by atoms with Crippen molar-refractivity contribution in [3.63, 3.8) is 0 Å². The highest BCUT2D eigenvalue weighted by molar-refractivity contribution is 8.26. The van der Waals surface area contributed by atoms with Gasteiger partial charge in [0.05, 0.1) is 10.5 Å². The van der Waals surface area contributed by atoms with Gasteiger partial charge in [0, 0.05) is 25.8 Å². The number of hydrogen-bond donors (Lipinski definition) is 0. The number of fused-ring (bicyclic) bond motifs is 1. The SMILES string of the molecule is CCCCN1C(=O)/C(=C\c2c(N3C[C@H](C)C[C@@H](C)C3)nc3ccccn3c2=O)SC1=S. The summed E-state index contributed by atoms with van der Waals surface area (Å²) >= 11 is 6.71. The minimum Gasteiger partial charge on any atom is -0.355 e. The van der Waals surface area contributed by atoms with Crippen LogP contribution < -0.4 is 10.5 Å². The van der Waals surface area contributed by atoms with Gasteiger partial charge in [-0.05, 0) is 42.9 Å². The summed E-state index contributed by atoms with van der Waals surface area (Å²) in [5, 5.41) is 0. The van der Waals surface area contributed by atoms with Crippen molar-refractivity contribution in [3.05, 3.63) is 45.2 Å². The molecule has 6 nitrogen and oxygen atoms in total. The Labute approximate surface area is 192 Å². The number of anilines is 1. The molecule has 2 atom stereocenters. The van der Waals surface area contributed by atoms with Gasteiger partial charge in [-0.2, -0.15) is 0 Å². The molecule has 0 bridgehead atoms. The number of thioether (sulfide) groups is 1. The Bertz CT molecular complexity index is 1100. The number of amides is 1. The molecular weight excluding hydrogens is 428 g/mol. The molecule has 0 aliphatic carbocycles. The van der Waals surface area contributed by atoms with Gasteiger partial charge in [0.25, 0.3) is 11.5 Å². The summed E-state index contributed by atoms with van der Waals surface area (Å²) in [5.41, 5.74) is 0.910. The normalized spacial score (nSPS) is 23.4. The smallest absolute Gasteiger partial charge is 0.267 e. The highest BCUT2D eigenvalue weighted by atomic mass is 32.2. The summed E-state index contributed by atoms with van der Waals surface area (Å²) in [7, 11) is 0. The van der Waals surface area contributed by atoms with Gasteiger partial charge in [0.1, 0.15) is 15.8 Å². The van der Waals surface area contributed by atoms with E-state index in [1.165, 1.54) is 11.8 Å². The maximum Gasteiger partial charge on any atom is 0.267 e.